The molecule has 1 N–H and O–H groups in total. The molecule has 7 heteroatoms. The third-order valence-electron chi connectivity index (χ3n) is 3.84. The molecule has 140 valence electrons. The molecule has 0 atom stereocenters. The molecule has 1 aromatic heterocycles. The number of aromatic nitrogens is 2. The lowest BCUT2D eigenvalue weighted by atomic mass is 10.2. The number of nitrogens with one attached hydrogen (secondary N) is 1. The van der Waals surface area contributed by atoms with Gasteiger partial charge in [0.1, 0.15) is 11.5 Å². The monoisotopic (exact) mass is 367 g/mol. The summed E-state index contributed by atoms with van der Waals surface area (Å²) < 4.78 is 15.9. The second-order valence-electron chi connectivity index (χ2n) is 5.72. The number of rotatable bonds is 8. The normalized spacial score (nSPS) is 10.4. The van der Waals surface area contributed by atoms with Crippen molar-refractivity contribution in [3.63, 3.8) is 0 Å². The first-order chi connectivity index (χ1) is 13.2. The van der Waals surface area contributed by atoms with E-state index in [1.54, 1.807) is 13.2 Å². The Bertz CT molecular complexity index is 890. The minimum atomic E-state index is -0.147. The van der Waals surface area contributed by atoms with Gasteiger partial charge in [-0.15, -0.1) is 0 Å². The molecule has 27 heavy (non-hydrogen) atoms. The number of hydrogen-bond acceptors (Lipinski definition) is 6. The van der Waals surface area contributed by atoms with Crippen LogP contribution < -0.4 is 14.8 Å². The predicted molar refractivity (Wildman–Crippen MR) is 101 cm³/mol. The summed E-state index contributed by atoms with van der Waals surface area (Å²) in [4.78, 5) is 16.6. The smallest absolute Gasteiger partial charge is 0.227 e. The summed E-state index contributed by atoms with van der Waals surface area (Å²) in [6.07, 6.45) is 0.580. The van der Waals surface area contributed by atoms with Crippen molar-refractivity contribution >= 4 is 11.6 Å². The van der Waals surface area contributed by atoms with Crippen molar-refractivity contribution in [2.75, 3.05) is 19.0 Å². The fourth-order valence-corrected chi connectivity index (χ4v) is 2.50. The fourth-order valence-electron chi connectivity index (χ4n) is 2.50. The van der Waals surface area contributed by atoms with Crippen LogP contribution in [-0.2, 0) is 11.2 Å². The number of carbonyl (C=O) groups excluding carboxylic acids is 1. The average molecular weight is 367 g/mol. The van der Waals surface area contributed by atoms with Crippen molar-refractivity contribution in [1.82, 2.24) is 10.1 Å². The zero-order chi connectivity index (χ0) is 19.1. The number of methoxy groups -OCH3 is 1. The molecule has 0 spiro atoms. The number of ether oxygens (including phenoxy) is 2. The Kier molecular flexibility index (Phi) is 6.04. The Hall–Kier alpha value is -3.35. The van der Waals surface area contributed by atoms with Crippen LogP contribution >= 0.6 is 0 Å². The molecule has 0 aliphatic carbocycles. The van der Waals surface area contributed by atoms with Gasteiger partial charge in [-0.1, -0.05) is 17.3 Å². The number of amides is 1. The lowest BCUT2D eigenvalue weighted by Crippen LogP contribution is -2.13. The Morgan fingerprint density at radius 3 is 2.67 bits per heavy atom. The number of hydrogen-bond donors (Lipinski definition) is 1. The molecule has 0 radical (unpaired) electrons. The minimum Gasteiger partial charge on any atom is -0.497 e. The molecule has 0 saturated heterocycles. The van der Waals surface area contributed by atoms with Crippen molar-refractivity contribution in [3.05, 3.63) is 54.4 Å². The van der Waals surface area contributed by atoms with Gasteiger partial charge in [-0.2, -0.15) is 4.98 Å². The number of anilines is 1. The first-order valence-corrected chi connectivity index (χ1v) is 8.68. The van der Waals surface area contributed by atoms with Crippen LogP contribution in [0.1, 0.15) is 19.2 Å². The van der Waals surface area contributed by atoms with Gasteiger partial charge in [0.25, 0.3) is 0 Å². The molecule has 2 aromatic carbocycles. The maximum Gasteiger partial charge on any atom is 0.227 e. The molecule has 3 rings (SSSR count). The quantitative estimate of drug-likeness (QED) is 0.653. The molecule has 0 aliphatic rings. The molecule has 0 aliphatic heterocycles. The third-order valence-corrected chi connectivity index (χ3v) is 3.84. The third kappa shape index (κ3) is 4.84. The lowest BCUT2D eigenvalue weighted by Gasteiger charge is -2.10. The molecule has 0 fully saturated rings. The number of para-hydroxylation sites is 2. The van der Waals surface area contributed by atoms with E-state index in [1.165, 1.54) is 0 Å². The molecule has 0 saturated carbocycles. The van der Waals surface area contributed by atoms with Crippen molar-refractivity contribution < 1.29 is 18.8 Å². The van der Waals surface area contributed by atoms with Gasteiger partial charge in [-0.05, 0) is 43.3 Å². The van der Waals surface area contributed by atoms with Gasteiger partial charge < -0.3 is 19.3 Å². The standard InChI is InChI=1S/C20H21N3O4/c1-3-26-17-7-5-4-6-16(17)21-18(24)12-13-19-22-20(23-27-19)14-8-10-15(25-2)11-9-14/h4-11H,3,12-13H2,1-2H3,(H,21,24). The van der Waals surface area contributed by atoms with Gasteiger partial charge in [0.2, 0.25) is 17.6 Å². The Labute approximate surface area is 157 Å². The second kappa shape index (κ2) is 8.84. The van der Waals surface area contributed by atoms with Gasteiger partial charge in [0.15, 0.2) is 0 Å². The molecule has 1 amide bonds. The fraction of sp³-hybridized carbons (Fsp3) is 0.250. The molecule has 7 nitrogen and oxygen atoms in total. The highest BCUT2D eigenvalue weighted by atomic mass is 16.5. The van der Waals surface area contributed by atoms with Gasteiger partial charge in [-0.3, -0.25) is 4.79 Å². The summed E-state index contributed by atoms with van der Waals surface area (Å²) in [6.45, 7) is 2.43. The summed E-state index contributed by atoms with van der Waals surface area (Å²) in [6, 6.07) is 14.7. The summed E-state index contributed by atoms with van der Waals surface area (Å²) in [5.41, 5.74) is 1.47. The van der Waals surface area contributed by atoms with Crippen molar-refractivity contribution in [2.45, 2.75) is 19.8 Å². The van der Waals surface area contributed by atoms with Crippen LogP contribution in [0.3, 0.4) is 0 Å². The van der Waals surface area contributed by atoms with Crippen LogP contribution in [0.4, 0.5) is 5.69 Å². The number of aryl methyl sites for hydroxylation is 1. The lowest BCUT2D eigenvalue weighted by molar-refractivity contribution is -0.116. The maximum atomic E-state index is 12.2. The topological polar surface area (TPSA) is 86.5 Å². The van der Waals surface area contributed by atoms with E-state index in [0.717, 1.165) is 11.3 Å². The van der Waals surface area contributed by atoms with Crippen LogP contribution in [0.15, 0.2) is 53.1 Å². The second-order valence-corrected chi connectivity index (χ2v) is 5.72. The zero-order valence-corrected chi connectivity index (χ0v) is 15.3. The van der Waals surface area contributed by atoms with Crippen molar-refractivity contribution in [3.8, 4) is 22.9 Å². The average Bonchev–Trinajstić information content (AvgIpc) is 3.17. The maximum absolute atomic E-state index is 12.2. The van der Waals surface area contributed by atoms with E-state index < -0.39 is 0 Å². The van der Waals surface area contributed by atoms with Crippen LogP contribution in [0.25, 0.3) is 11.4 Å². The highest BCUT2D eigenvalue weighted by Gasteiger charge is 2.12. The molecule has 0 unspecified atom stereocenters. The van der Waals surface area contributed by atoms with Crippen molar-refractivity contribution in [1.29, 1.82) is 0 Å². The highest BCUT2D eigenvalue weighted by molar-refractivity contribution is 5.92. The molecular formula is C20H21N3O4. The van der Waals surface area contributed by atoms with E-state index in [4.69, 9.17) is 14.0 Å². The van der Waals surface area contributed by atoms with Crippen LogP contribution in [-0.4, -0.2) is 29.8 Å². The summed E-state index contributed by atoms with van der Waals surface area (Å²) in [5.74, 6) is 2.15. The molecule has 1 heterocycles. The highest BCUT2D eigenvalue weighted by Crippen LogP contribution is 2.24. The van der Waals surface area contributed by atoms with Gasteiger partial charge in [-0.25, -0.2) is 0 Å². The van der Waals surface area contributed by atoms with Gasteiger partial charge in [0, 0.05) is 18.4 Å². The molecular weight excluding hydrogens is 346 g/mol. The largest absolute Gasteiger partial charge is 0.497 e. The van der Waals surface area contributed by atoms with Crippen LogP contribution in [0, 0.1) is 0 Å². The Morgan fingerprint density at radius 1 is 1.15 bits per heavy atom. The Balaban J connectivity index is 1.57. The summed E-state index contributed by atoms with van der Waals surface area (Å²) in [7, 11) is 1.61. The molecule has 0 bridgehead atoms. The van der Waals surface area contributed by atoms with E-state index in [-0.39, 0.29) is 12.3 Å². The number of nitrogens with zero attached hydrogens (tertiary/aromatic N) is 2. The molecule has 3 aromatic rings. The first-order valence-electron chi connectivity index (χ1n) is 8.68. The van der Waals surface area contributed by atoms with E-state index in [2.05, 4.69) is 15.5 Å². The first kappa shape index (κ1) is 18.4. The van der Waals surface area contributed by atoms with Gasteiger partial charge in [0.05, 0.1) is 19.4 Å². The predicted octanol–water partition coefficient (Wildman–Crippen LogP) is 3.72. The van der Waals surface area contributed by atoms with E-state index in [9.17, 15) is 4.79 Å². The van der Waals surface area contributed by atoms with Crippen LogP contribution in [0.5, 0.6) is 11.5 Å². The van der Waals surface area contributed by atoms with Crippen molar-refractivity contribution in [2.24, 2.45) is 0 Å². The van der Waals surface area contributed by atoms with Gasteiger partial charge >= 0.3 is 0 Å². The zero-order valence-electron chi connectivity index (χ0n) is 15.3. The van der Waals surface area contributed by atoms with E-state index in [1.807, 2.05) is 49.4 Å². The minimum absolute atomic E-state index is 0.147. The number of carbonyl (C=O) groups is 1. The summed E-state index contributed by atoms with van der Waals surface area (Å²) in [5, 5.41) is 6.81. The van der Waals surface area contributed by atoms with E-state index in [0.29, 0.717) is 36.2 Å². The Morgan fingerprint density at radius 2 is 1.93 bits per heavy atom. The van der Waals surface area contributed by atoms with E-state index >= 15 is 0 Å². The number of benzene rings is 2. The summed E-state index contributed by atoms with van der Waals surface area (Å²) >= 11 is 0. The van der Waals surface area contributed by atoms with Crippen LogP contribution in [0.2, 0.25) is 0 Å². The SMILES string of the molecule is CCOc1ccccc1NC(=O)CCc1nc(-c2ccc(OC)cc2)no1.